The summed E-state index contributed by atoms with van der Waals surface area (Å²) in [6, 6.07) is 3.84. The summed E-state index contributed by atoms with van der Waals surface area (Å²) >= 11 is 1.28. The lowest BCUT2D eigenvalue weighted by Crippen LogP contribution is -2.22. The lowest BCUT2D eigenvalue weighted by Gasteiger charge is -2.06. The Balaban J connectivity index is 2.19. The number of nitrogen functional groups attached to an aromatic ring is 1. The molecule has 0 saturated carbocycles. The largest absolute Gasteiger partial charge is 0.492 e. The number of pyridine rings is 1. The summed E-state index contributed by atoms with van der Waals surface area (Å²) in [6.45, 7) is 3.00. The summed E-state index contributed by atoms with van der Waals surface area (Å²) in [7, 11) is 1.54. The quantitative estimate of drug-likeness (QED) is 0.760. The Morgan fingerprint density at radius 3 is 2.95 bits per heavy atom. The van der Waals surface area contributed by atoms with Gasteiger partial charge in [-0.15, -0.1) is 11.3 Å². The molecule has 0 bridgehead atoms. The van der Waals surface area contributed by atoms with E-state index in [0.29, 0.717) is 29.4 Å². The van der Waals surface area contributed by atoms with Gasteiger partial charge in [-0.3, -0.25) is 9.78 Å². The number of ether oxygens (including phenoxy) is 1. The minimum Gasteiger partial charge on any atom is -0.492 e. The van der Waals surface area contributed by atoms with Crippen molar-refractivity contribution in [3.05, 3.63) is 35.0 Å². The highest BCUT2D eigenvalue weighted by atomic mass is 32.1. The van der Waals surface area contributed by atoms with Crippen molar-refractivity contribution in [1.82, 2.24) is 10.3 Å². The normalized spacial score (nSPS) is 10.2. The van der Waals surface area contributed by atoms with Gasteiger partial charge in [-0.05, 0) is 18.6 Å². The molecule has 0 spiro atoms. The van der Waals surface area contributed by atoms with Gasteiger partial charge in [0.05, 0.1) is 7.11 Å². The van der Waals surface area contributed by atoms with Crippen LogP contribution in [0.4, 0.5) is 10.7 Å². The summed E-state index contributed by atoms with van der Waals surface area (Å²) in [6.07, 6.45) is 3.50. The number of nitrogens with two attached hydrogens (primary N) is 1. The van der Waals surface area contributed by atoms with Crippen LogP contribution >= 0.6 is 11.3 Å². The zero-order valence-corrected chi connectivity index (χ0v) is 12.8. The van der Waals surface area contributed by atoms with Crippen LogP contribution < -0.4 is 21.1 Å². The number of rotatable bonds is 6. The first-order valence-corrected chi connectivity index (χ1v) is 7.36. The molecule has 4 N–H and O–H groups in total. The first-order valence-electron chi connectivity index (χ1n) is 6.54. The van der Waals surface area contributed by atoms with Gasteiger partial charge < -0.3 is 21.1 Å². The van der Waals surface area contributed by atoms with Crippen LogP contribution in [-0.4, -0.2) is 24.5 Å². The number of methoxy groups -OCH3 is 1. The van der Waals surface area contributed by atoms with Gasteiger partial charge in [0.2, 0.25) is 0 Å². The fourth-order valence-corrected chi connectivity index (χ4v) is 2.84. The molecule has 0 aromatic carbocycles. The van der Waals surface area contributed by atoms with E-state index in [9.17, 15) is 4.79 Å². The van der Waals surface area contributed by atoms with E-state index in [0.717, 1.165) is 10.6 Å². The highest BCUT2D eigenvalue weighted by Crippen LogP contribution is 2.42. The molecule has 2 heterocycles. The summed E-state index contributed by atoms with van der Waals surface area (Å²) < 4.78 is 5.30. The highest BCUT2D eigenvalue weighted by molar-refractivity contribution is 7.19. The third-order valence-corrected chi connectivity index (χ3v) is 3.97. The number of hydrogen-bond acceptors (Lipinski definition) is 6. The van der Waals surface area contributed by atoms with E-state index >= 15 is 0 Å². The van der Waals surface area contributed by atoms with Crippen LogP contribution in [0, 0.1) is 0 Å². The first kappa shape index (κ1) is 15.1. The molecular weight excluding hydrogens is 288 g/mol. The minimum atomic E-state index is -0.187. The molecule has 2 aromatic rings. The van der Waals surface area contributed by atoms with Gasteiger partial charge in [-0.25, -0.2) is 0 Å². The van der Waals surface area contributed by atoms with E-state index in [2.05, 4.69) is 15.6 Å². The average Bonchev–Trinajstić information content (AvgIpc) is 2.82. The SMILES string of the molecule is CCNC(=O)c1sc(NCc2cccnc2)c(OC)c1N. The van der Waals surface area contributed by atoms with Crippen molar-refractivity contribution in [2.24, 2.45) is 0 Å². The fraction of sp³-hybridized carbons (Fsp3) is 0.286. The van der Waals surface area contributed by atoms with E-state index in [1.165, 1.54) is 18.4 Å². The van der Waals surface area contributed by atoms with Gasteiger partial charge >= 0.3 is 0 Å². The van der Waals surface area contributed by atoms with Crippen molar-refractivity contribution >= 4 is 27.9 Å². The Labute approximate surface area is 127 Å². The molecule has 0 aliphatic carbocycles. The Kier molecular flexibility index (Phi) is 4.99. The number of hydrogen-bond donors (Lipinski definition) is 3. The number of amides is 1. The van der Waals surface area contributed by atoms with Crippen LogP contribution in [0.5, 0.6) is 5.75 Å². The van der Waals surface area contributed by atoms with E-state index in [1.54, 1.807) is 12.4 Å². The van der Waals surface area contributed by atoms with Gasteiger partial charge in [0, 0.05) is 25.5 Å². The van der Waals surface area contributed by atoms with Gasteiger partial charge in [0.15, 0.2) is 5.75 Å². The van der Waals surface area contributed by atoms with Crippen LogP contribution in [0.1, 0.15) is 22.2 Å². The second kappa shape index (κ2) is 6.94. The first-order chi connectivity index (χ1) is 10.2. The fourth-order valence-electron chi connectivity index (χ4n) is 1.84. The Morgan fingerprint density at radius 2 is 2.33 bits per heavy atom. The van der Waals surface area contributed by atoms with Crippen LogP contribution in [0.25, 0.3) is 0 Å². The zero-order valence-electron chi connectivity index (χ0n) is 12.0. The number of carbonyl (C=O) groups excluding carboxylic acids is 1. The summed E-state index contributed by atoms with van der Waals surface area (Å²) in [5.41, 5.74) is 7.38. The van der Waals surface area contributed by atoms with Crippen molar-refractivity contribution in [2.75, 3.05) is 24.7 Å². The van der Waals surface area contributed by atoms with Crippen LogP contribution in [0.3, 0.4) is 0 Å². The standard InChI is InChI=1S/C14H18N4O2S/c1-3-17-13(19)12-10(15)11(20-2)14(21-12)18-8-9-5-4-6-16-7-9/h4-7,18H,3,8,15H2,1-2H3,(H,17,19). The van der Waals surface area contributed by atoms with Crippen molar-refractivity contribution in [2.45, 2.75) is 13.5 Å². The molecule has 1 amide bonds. The van der Waals surface area contributed by atoms with Gasteiger partial charge in [0.25, 0.3) is 5.91 Å². The molecule has 21 heavy (non-hydrogen) atoms. The smallest absolute Gasteiger partial charge is 0.263 e. The van der Waals surface area contributed by atoms with Crippen LogP contribution in [0.15, 0.2) is 24.5 Å². The lowest BCUT2D eigenvalue weighted by atomic mass is 10.3. The van der Waals surface area contributed by atoms with Gasteiger partial charge in [0.1, 0.15) is 15.6 Å². The second-order valence-corrected chi connectivity index (χ2v) is 5.30. The van der Waals surface area contributed by atoms with E-state index < -0.39 is 0 Å². The van der Waals surface area contributed by atoms with Crippen molar-refractivity contribution < 1.29 is 9.53 Å². The number of nitrogens with zero attached hydrogens (tertiary/aromatic N) is 1. The monoisotopic (exact) mass is 306 g/mol. The maximum Gasteiger partial charge on any atom is 0.263 e. The maximum atomic E-state index is 11.9. The summed E-state index contributed by atoms with van der Waals surface area (Å²) in [5.74, 6) is 0.317. The molecule has 6 nitrogen and oxygen atoms in total. The Bertz CT molecular complexity index is 613. The van der Waals surface area contributed by atoms with E-state index in [-0.39, 0.29) is 5.91 Å². The predicted molar refractivity (Wildman–Crippen MR) is 84.9 cm³/mol. The minimum absolute atomic E-state index is 0.187. The van der Waals surface area contributed by atoms with Crippen molar-refractivity contribution in [1.29, 1.82) is 0 Å². The molecule has 0 unspecified atom stereocenters. The molecule has 0 radical (unpaired) electrons. The Hall–Kier alpha value is -2.28. The number of thiophene rings is 1. The average molecular weight is 306 g/mol. The summed E-state index contributed by atoms with van der Waals surface area (Å²) in [4.78, 5) is 16.5. The Morgan fingerprint density at radius 1 is 1.52 bits per heavy atom. The van der Waals surface area contributed by atoms with Crippen LogP contribution in [0.2, 0.25) is 0 Å². The van der Waals surface area contributed by atoms with E-state index in [1.807, 2.05) is 19.1 Å². The third kappa shape index (κ3) is 3.43. The molecule has 0 saturated heterocycles. The third-order valence-electron chi connectivity index (χ3n) is 2.82. The number of aromatic nitrogens is 1. The second-order valence-electron chi connectivity index (χ2n) is 4.28. The van der Waals surface area contributed by atoms with E-state index in [4.69, 9.17) is 10.5 Å². The molecule has 0 fully saturated rings. The molecule has 7 heteroatoms. The lowest BCUT2D eigenvalue weighted by molar-refractivity contribution is 0.0960. The molecular formula is C14H18N4O2S. The number of carbonyl (C=O) groups is 1. The van der Waals surface area contributed by atoms with Crippen LogP contribution in [-0.2, 0) is 6.54 Å². The van der Waals surface area contributed by atoms with Gasteiger partial charge in [-0.1, -0.05) is 6.07 Å². The molecule has 0 atom stereocenters. The molecule has 2 aromatic heterocycles. The van der Waals surface area contributed by atoms with Crippen molar-refractivity contribution in [3.8, 4) is 5.75 Å². The van der Waals surface area contributed by atoms with Gasteiger partial charge in [-0.2, -0.15) is 0 Å². The van der Waals surface area contributed by atoms with Crippen molar-refractivity contribution in [3.63, 3.8) is 0 Å². The summed E-state index contributed by atoms with van der Waals surface area (Å²) in [5, 5.41) is 6.71. The molecule has 0 aliphatic rings. The number of nitrogens with one attached hydrogen (secondary N) is 2. The molecule has 2 rings (SSSR count). The zero-order chi connectivity index (χ0) is 15.2. The maximum absolute atomic E-state index is 11.9. The highest BCUT2D eigenvalue weighted by Gasteiger charge is 2.21. The number of anilines is 2. The predicted octanol–water partition coefficient (Wildman–Crippen LogP) is 2.10. The topological polar surface area (TPSA) is 89.3 Å². The molecule has 0 aliphatic heterocycles. The molecule has 112 valence electrons.